The van der Waals surface area contributed by atoms with Gasteiger partial charge in [0.05, 0.1) is 17.1 Å². The zero-order valence-corrected chi connectivity index (χ0v) is 14.7. The number of likely N-dealkylation sites (N-methyl/N-ethyl adjacent to an activating group) is 1. The van der Waals surface area contributed by atoms with Crippen LogP contribution in [0.2, 0.25) is 0 Å². The number of benzene rings is 1. The van der Waals surface area contributed by atoms with Crippen molar-refractivity contribution < 1.29 is 4.79 Å². The molecule has 3 rings (SSSR count). The first-order chi connectivity index (χ1) is 10.7. The first kappa shape index (κ1) is 15.8. The molecule has 1 atom stereocenters. The van der Waals surface area contributed by atoms with Crippen molar-refractivity contribution in [3.8, 4) is 0 Å². The minimum absolute atomic E-state index is 0.0945. The first-order valence-corrected chi connectivity index (χ1v) is 8.12. The van der Waals surface area contributed by atoms with Gasteiger partial charge >= 0.3 is 0 Å². The molecule has 122 valence electrons. The van der Waals surface area contributed by atoms with Gasteiger partial charge in [0.15, 0.2) is 0 Å². The second-order valence-electron chi connectivity index (χ2n) is 7.55. The number of fused-ring (bicyclic) bond motifs is 1. The summed E-state index contributed by atoms with van der Waals surface area (Å²) in [6.07, 6.45) is 1.63. The summed E-state index contributed by atoms with van der Waals surface area (Å²) in [5.41, 5.74) is 4.25. The lowest BCUT2D eigenvalue weighted by molar-refractivity contribution is -0.131. The molecule has 1 saturated heterocycles. The molecule has 1 aliphatic heterocycles. The molecule has 1 aliphatic rings. The number of aromatic nitrogens is 2. The third kappa shape index (κ3) is 2.56. The molecular formula is C19H25N3O. The summed E-state index contributed by atoms with van der Waals surface area (Å²) in [5.74, 6) is -0.0733. The molecule has 0 N–H and O–H groups in total. The van der Waals surface area contributed by atoms with Gasteiger partial charge in [0.1, 0.15) is 0 Å². The Morgan fingerprint density at radius 2 is 1.96 bits per heavy atom. The number of likely N-dealkylation sites (tertiary alicyclic amines) is 1. The number of nitrogens with zero attached hydrogens (tertiary/aromatic N) is 3. The van der Waals surface area contributed by atoms with E-state index in [4.69, 9.17) is 0 Å². The Bertz CT molecular complexity index is 795. The van der Waals surface area contributed by atoms with Gasteiger partial charge in [-0.1, -0.05) is 39.5 Å². The lowest BCUT2D eigenvalue weighted by Crippen LogP contribution is -2.35. The normalized spacial score (nSPS) is 19.7. The number of piperidine rings is 1. The molecule has 1 amide bonds. The van der Waals surface area contributed by atoms with Crippen molar-refractivity contribution in [2.24, 2.45) is 7.05 Å². The monoisotopic (exact) mass is 311 g/mol. The number of carbonyl (C=O) groups excluding carboxylic acids is 1. The third-order valence-corrected chi connectivity index (χ3v) is 4.90. The minimum atomic E-state index is -0.172. The number of allylic oxidation sites excluding steroid dienone is 1. The standard InChI is InChI=1S/C19H25N3O/c1-12-7-9-15(18(23)21(12)5)17-14-10-8-13(19(2,3)4)11-16(14)22(6)20-17/h8,10-11,15H,1,7,9H2,2-6H3. The van der Waals surface area contributed by atoms with E-state index in [9.17, 15) is 4.79 Å². The van der Waals surface area contributed by atoms with Crippen LogP contribution < -0.4 is 0 Å². The fraction of sp³-hybridized carbons (Fsp3) is 0.474. The molecule has 23 heavy (non-hydrogen) atoms. The SMILES string of the molecule is C=C1CCC(c2nn(C)c3cc(C(C)(C)C)ccc23)C(=O)N1C. The molecule has 4 nitrogen and oxygen atoms in total. The highest BCUT2D eigenvalue weighted by atomic mass is 16.2. The van der Waals surface area contributed by atoms with Gasteiger partial charge in [-0.25, -0.2) is 0 Å². The zero-order valence-electron chi connectivity index (χ0n) is 14.7. The summed E-state index contributed by atoms with van der Waals surface area (Å²) in [6, 6.07) is 6.47. The second kappa shape index (κ2) is 5.22. The summed E-state index contributed by atoms with van der Waals surface area (Å²) in [7, 11) is 3.76. The van der Waals surface area contributed by atoms with E-state index in [2.05, 4.69) is 50.6 Å². The van der Waals surface area contributed by atoms with Crippen LogP contribution >= 0.6 is 0 Å². The average molecular weight is 311 g/mol. The molecule has 2 heterocycles. The van der Waals surface area contributed by atoms with Crippen LogP contribution in [0.25, 0.3) is 10.9 Å². The van der Waals surface area contributed by atoms with E-state index < -0.39 is 0 Å². The predicted molar refractivity (Wildman–Crippen MR) is 93.3 cm³/mol. The van der Waals surface area contributed by atoms with E-state index >= 15 is 0 Å². The maximum absolute atomic E-state index is 12.6. The molecule has 0 saturated carbocycles. The van der Waals surface area contributed by atoms with Gasteiger partial charge in [-0.2, -0.15) is 5.10 Å². The van der Waals surface area contributed by atoms with Crippen molar-refractivity contribution in [3.63, 3.8) is 0 Å². The predicted octanol–water partition coefficient (Wildman–Crippen LogP) is 3.72. The van der Waals surface area contributed by atoms with Gasteiger partial charge in [0.2, 0.25) is 5.91 Å². The lowest BCUT2D eigenvalue weighted by atomic mass is 9.85. The number of hydrogen-bond donors (Lipinski definition) is 0. The van der Waals surface area contributed by atoms with Crippen molar-refractivity contribution in [2.75, 3.05) is 7.05 Å². The molecule has 1 fully saturated rings. The summed E-state index contributed by atoms with van der Waals surface area (Å²) in [6.45, 7) is 10.6. The summed E-state index contributed by atoms with van der Waals surface area (Å²) in [5, 5.41) is 5.77. The van der Waals surface area contributed by atoms with Crippen molar-refractivity contribution in [1.29, 1.82) is 0 Å². The molecule has 2 aromatic rings. The van der Waals surface area contributed by atoms with Gasteiger partial charge in [-0.05, 0) is 29.9 Å². The Labute approximate surface area is 137 Å². The molecule has 0 spiro atoms. The fourth-order valence-corrected chi connectivity index (χ4v) is 3.25. The first-order valence-electron chi connectivity index (χ1n) is 8.12. The van der Waals surface area contributed by atoms with E-state index in [1.54, 1.807) is 11.9 Å². The van der Waals surface area contributed by atoms with Crippen LogP contribution in [0.4, 0.5) is 0 Å². The summed E-state index contributed by atoms with van der Waals surface area (Å²) < 4.78 is 1.90. The molecule has 0 aliphatic carbocycles. The van der Waals surface area contributed by atoms with Crippen LogP contribution in [0.15, 0.2) is 30.5 Å². The maximum Gasteiger partial charge on any atom is 0.235 e. The number of hydrogen-bond acceptors (Lipinski definition) is 2. The largest absolute Gasteiger partial charge is 0.319 e. The number of carbonyl (C=O) groups is 1. The van der Waals surface area contributed by atoms with Crippen molar-refractivity contribution in [3.05, 3.63) is 41.7 Å². The van der Waals surface area contributed by atoms with Crippen LogP contribution in [0.5, 0.6) is 0 Å². The van der Waals surface area contributed by atoms with E-state index in [-0.39, 0.29) is 17.2 Å². The van der Waals surface area contributed by atoms with Gasteiger partial charge in [0, 0.05) is 25.2 Å². The Hall–Kier alpha value is -2.10. The van der Waals surface area contributed by atoms with Gasteiger partial charge in [-0.3, -0.25) is 9.48 Å². The van der Waals surface area contributed by atoms with Crippen molar-refractivity contribution in [1.82, 2.24) is 14.7 Å². The number of amides is 1. The van der Waals surface area contributed by atoms with Crippen LogP contribution in [-0.2, 0) is 17.3 Å². The summed E-state index contributed by atoms with van der Waals surface area (Å²) >= 11 is 0. The smallest absolute Gasteiger partial charge is 0.235 e. The summed E-state index contributed by atoms with van der Waals surface area (Å²) in [4.78, 5) is 14.3. The molecule has 1 aromatic carbocycles. The second-order valence-corrected chi connectivity index (χ2v) is 7.55. The number of rotatable bonds is 1. The minimum Gasteiger partial charge on any atom is -0.319 e. The van der Waals surface area contributed by atoms with Crippen LogP contribution in [0, 0.1) is 0 Å². The Morgan fingerprint density at radius 1 is 1.26 bits per heavy atom. The highest BCUT2D eigenvalue weighted by Crippen LogP contribution is 2.36. The average Bonchev–Trinajstić information content (AvgIpc) is 2.81. The quantitative estimate of drug-likeness (QED) is 0.805. The molecular weight excluding hydrogens is 286 g/mol. The third-order valence-electron chi connectivity index (χ3n) is 4.90. The highest BCUT2D eigenvalue weighted by Gasteiger charge is 2.33. The fourth-order valence-electron chi connectivity index (χ4n) is 3.25. The Balaban J connectivity index is 2.09. The van der Waals surface area contributed by atoms with E-state index in [1.165, 1.54) is 5.56 Å². The van der Waals surface area contributed by atoms with E-state index in [0.29, 0.717) is 0 Å². The van der Waals surface area contributed by atoms with Gasteiger partial charge in [-0.15, -0.1) is 0 Å². The molecule has 0 bridgehead atoms. The molecule has 1 aromatic heterocycles. The topological polar surface area (TPSA) is 38.1 Å². The van der Waals surface area contributed by atoms with Gasteiger partial charge in [0.25, 0.3) is 0 Å². The Morgan fingerprint density at radius 3 is 2.61 bits per heavy atom. The van der Waals surface area contributed by atoms with E-state index in [0.717, 1.165) is 35.1 Å². The molecule has 4 heteroatoms. The van der Waals surface area contributed by atoms with Gasteiger partial charge < -0.3 is 4.90 Å². The molecule has 1 unspecified atom stereocenters. The van der Waals surface area contributed by atoms with E-state index in [1.807, 2.05) is 11.7 Å². The van der Waals surface area contributed by atoms with Crippen LogP contribution in [-0.4, -0.2) is 27.6 Å². The van der Waals surface area contributed by atoms with Crippen molar-refractivity contribution in [2.45, 2.75) is 44.9 Å². The number of aryl methyl sites for hydroxylation is 1. The molecule has 0 radical (unpaired) electrons. The van der Waals surface area contributed by atoms with Crippen LogP contribution in [0.1, 0.15) is 50.8 Å². The zero-order chi connectivity index (χ0) is 16.9. The van der Waals surface area contributed by atoms with Crippen LogP contribution in [0.3, 0.4) is 0 Å². The Kier molecular flexibility index (Phi) is 3.58. The maximum atomic E-state index is 12.6. The highest BCUT2D eigenvalue weighted by molar-refractivity contribution is 5.92. The van der Waals surface area contributed by atoms with Crippen molar-refractivity contribution >= 4 is 16.8 Å². The lowest BCUT2D eigenvalue weighted by Gasteiger charge is -2.30.